The van der Waals surface area contributed by atoms with Gasteiger partial charge in [0.1, 0.15) is 6.04 Å². The second-order valence-electron chi connectivity index (χ2n) is 4.68. The number of rotatable bonds is 7. The van der Waals surface area contributed by atoms with Gasteiger partial charge < -0.3 is 15.6 Å². The van der Waals surface area contributed by atoms with Crippen LogP contribution in [0.4, 0.5) is 0 Å². The lowest BCUT2D eigenvalue weighted by Crippen LogP contribution is -2.41. The predicted molar refractivity (Wildman–Crippen MR) is 73.6 cm³/mol. The normalized spacial score (nSPS) is 13.5. The lowest BCUT2D eigenvalue weighted by Gasteiger charge is -2.17. The van der Waals surface area contributed by atoms with Gasteiger partial charge in [-0.2, -0.15) is 0 Å². The van der Waals surface area contributed by atoms with E-state index in [2.05, 4.69) is 10.5 Å². The Kier molecular flexibility index (Phi) is 6.02. The van der Waals surface area contributed by atoms with Crippen LogP contribution in [0.15, 0.2) is 35.5 Å². The average molecular weight is 264 g/mol. The van der Waals surface area contributed by atoms with Crippen LogP contribution in [0.2, 0.25) is 0 Å². The van der Waals surface area contributed by atoms with E-state index < -0.39 is 12.0 Å². The van der Waals surface area contributed by atoms with Crippen LogP contribution in [0.5, 0.6) is 0 Å². The highest BCUT2D eigenvalue weighted by Crippen LogP contribution is 2.05. The molecular weight excluding hydrogens is 244 g/mol. The monoisotopic (exact) mass is 264 g/mol. The van der Waals surface area contributed by atoms with Crippen LogP contribution >= 0.6 is 0 Å². The highest BCUT2D eigenvalue weighted by molar-refractivity contribution is 6.00. The van der Waals surface area contributed by atoms with Gasteiger partial charge in [0.05, 0.1) is 5.71 Å². The first kappa shape index (κ1) is 15.2. The lowest BCUT2D eigenvalue weighted by molar-refractivity contribution is -0.140. The summed E-state index contributed by atoms with van der Waals surface area (Å²) in [5, 5.41) is 24.3. The number of carboxylic acids is 1. The van der Waals surface area contributed by atoms with E-state index in [1.807, 2.05) is 44.2 Å². The first-order valence-corrected chi connectivity index (χ1v) is 6.28. The molecule has 0 aromatic heterocycles. The third-order valence-corrected chi connectivity index (χ3v) is 2.89. The van der Waals surface area contributed by atoms with Gasteiger partial charge in [0.25, 0.3) is 0 Å². The van der Waals surface area contributed by atoms with Crippen LogP contribution in [0, 0.1) is 5.92 Å². The predicted octanol–water partition coefficient (Wildman–Crippen LogP) is 1.95. The summed E-state index contributed by atoms with van der Waals surface area (Å²) in [6, 6.07) is 8.73. The van der Waals surface area contributed by atoms with Crippen LogP contribution in [0.25, 0.3) is 0 Å². The van der Waals surface area contributed by atoms with E-state index in [-0.39, 0.29) is 5.92 Å². The minimum absolute atomic E-state index is 0.00346. The third-order valence-electron chi connectivity index (χ3n) is 2.89. The molecule has 1 atom stereocenters. The molecule has 0 saturated heterocycles. The Morgan fingerprint density at radius 3 is 2.42 bits per heavy atom. The fourth-order valence-electron chi connectivity index (χ4n) is 1.84. The standard InChI is InChI=1S/C14H20N2O3/c1-10(2)13(14(17)18)15-9-8-12(16-19)11-6-4-3-5-7-11/h3-7,10,13,15,19H,8-9H2,1-2H3,(H,17,18). The van der Waals surface area contributed by atoms with E-state index in [1.54, 1.807) is 0 Å². The molecule has 3 N–H and O–H groups in total. The van der Waals surface area contributed by atoms with Crippen molar-refractivity contribution in [2.45, 2.75) is 26.3 Å². The maximum absolute atomic E-state index is 11.0. The molecule has 0 aliphatic heterocycles. The number of benzene rings is 1. The second-order valence-corrected chi connectivity index (χ2v) is 4.68. The van der Waals surface area contributed by atoms with E-state index in [4.69, 9.17) is 10.3 Å². The molecule has 5 nitrogen and oxygen atoms in total. The maximum Gasteiger partial charge on any atom is 0.320 e. The fourth-order valence-corrected chi connectivity index (χ4v) is 1.84. The molecule has 0 bridgehead atoms. The van der Waals surface area contributed by atoms with Crippen LogP contribution < -0.4 is 5.32 Å². The van der Waals surface area contributed by atoms with Crippen molar-refractivity contribution in [3.05, 3.63) is 35.9 Å². The van der Waals surface area contributed by atoms with Crippen molar-refractivity contribution >= 4 is 11.7 Å². The molecule has 0 radical (unpaired) electrons. The average Bonchev–Trinajstić information content (AvgIpc) is 2.39. The van der Waals surface area contributed by atoms with E-state index in [0.717, 1.165) is 5.56 Å². The number of carbonyl (C=O) groups is 1. The highest BCUT2D eigenvalue weighted by atomic mass is 16.4. The zero-order valence-electron chi connectivity index (χ0n) is 11.2. The minimum Gasteiger partial charge on any atom is -0.480 e. The molecule has 0 fully saturated rings. The molecule has 0 aliphatic rings. The van der Waals surface area contributed by atoms with Gasteiger partial charge in [-0.25, -0.2) is 0 Å². The quantitative estimate of drug-likeness (QED) is 0.399. The van der Waals surface area contributed by atoms with Crippen molar-refractivity contribution in [1.29, 1.82) is 0 Å². The van der Waals surface area contributed by atoms with Crippen LogP contribution in [-0.4, -0.2) is 34.6 Å². The minimum atomic E-state index is -0.864. The van der Waals surface area contributed by atoms with Gasteiger partial charge in [-0.3, -0.25) is 4.79 Å². The number of carboxylic acid groups (broad SMARTS) is 1. The maximum atomic E-state index is 11.0. The molecule has 0 amide bonds. The van der Waals surface area contributed by atoms with Crippen LogP contribution in [-0.2, 0) is 4.79 Å². The molecule has 0 saturated carbocycles. The first-order valence-electron chi connectivity index (χ1n) is 6.28. The lowest BCUT2D eigenvalue weighted by atomic mass is 10.0. The summed E-state index contributed by atoms with van der Waals surface area (Å²) in [4.78, 5) is 11.0. The van der Waals surface area contributed by atoms with E-state index in [9.17, 15) is 4.79 Å². The van der Waals surface area contributed by atoms with Gasteiger partial charge in [-0.1, -0.05) is 49.3 Å². The van der Waals surface area contributed by atoms with Crippen molar-refractivity contribution < 1.29 is 15.1 Å². The molecular formula is C14H20N2O3. The summed E-state index contributed by atoms with van der Waals surface area (Å²) in [5.74, 6) is -0.860. The number of nitrogens with one attached hydrogen (secondary N) is 1. The number of aliphatic carboxylic acids is 1. The molecule has 1 aromatic rings. The van der Waals surface area contributed by atoms with Crippen molar-refractivity contribution in [1.82, 2.24) is 5.32 Å². The summed E-state index contributed by atoms with van der Waals surface area (Å²) >= 11 is 0. The molecule has 1 aromatic carbocycles. The molecule has 1 rings (SSSR count). The zero-order chi connectivity index (χ0) is 14.3. The molecule has 5 heteroatoms. The number of nitrogens with zero attached hydrogens (tertiary/aromatic N) is 1. The van der Waals surface area contributed by atoms with Crippen LogP contribution in [0.3, 0.4) is 0 Å². The molecule has 1 unspecified atom stereocenters. The Morgan fingerprint density at radius 2 is 1.95 bits per heavy atom. The van der Waals surface area contributed by atoms with Gasteiger partial charge in [-0.15, -0.1) is 0 Å². The topological polar surface area (TPSA) is 81.9 Å². The van der Waals surface area contributed by atoms with Gasteiger partial charge >= 0.3 is 5.97 Å². The summed E-state index contributed by atoms with van der Waals surface area (Å²) in [7, 11) is 0. The molecule has 0 heterocycles. The SMILES string of the molecule is CC(C)C(NCCC(=NO)c1ccccc1)C(=O)O. The second kappa shape index (κ2) is 7.53. The van der Waals surface area contributed by atoms with Crippen molar-refractivity contribution in [2.75, 3.05) is 6.54 Å². The van der Waals surface area contributed by atoms with Gasteiger partial charge in [0.15, 0.2) is 0 Å². The van der Waals surface area contributed by atoms with Crippen molar-refractivity contribution in [3.63, 3.8) is 0 Å². The Morgan fingerprint density at radius 1 is 1.32 bits per heavy atom. The fraction of sp³-hybridized carbons (Fsp3) is 0.429. The van der Waals surface area contributed by atoms with Gasteiger partial charge in [0.2, 0.25) is 0 Å². The largest absolute Gasteiger partial charge is 0.480 e. The van der Waals surface area contributed by atoms with Gasteiger partial charge in [-0.05, 0) is 11.5 Å². The Labute approximate surface area is 113 Å². The summed E-state index contributed by atoms with van der Waals surface area (Å²) in [5.41, 5.74) is 1.38. The zero-order valence-corrected chi connectivity index (χ0v) is 11.2. The van der Waals surface area contributed by atoms with Gasteiger partial charge in [0, 0.05) is 13.0 Å². The van der Waals surface area contributed by atoms with Crippen molar-refractivity contribution in [2.24, 2.45) is 11.1 Å². The summed E-state index contributed by atoms with van der Waals surface area (Å²) in [6.45, 7) is 4.15. The Hall–Kier alpha value is -1.88. The molecule has 0 aliphatic carbocycles. The number of hydrogen-bond acceptors (Lipinski definition) is 4. The Balaban J connectivity index is 2.54. The number of oxime groups is 1. The Bertz CT molecular complexity index is 430. The highest BCUT2D eigenvalue weighted by Gasteiger charge is 2.20. The van der Waals surface area contributed by atoms with Crippen molar-refractivity contribution in [3.8, 4) is 0 Å². The molecule has 104 valence electrons. The van der Waals surface area contributed by atoms with E-state index >= 15 is 0 Å². The summed E-state index contributed by atoms with van der Waals surface area (Å²) in [6.07, 6.45) is 0.469. The van der Waals surface area contributed by atoms with E-state index in [1.165, 1.54) is 0 Å². The van der Waals surface area contributed by atoms with E-state index in [0.29, 0.717) is 18.7 Å². The van der Waals surface area contributed by atoms with Crippen LogP contribution in [0.1, 0.15) is 25.8 Å². The molecule has 19 heavy (non-hydrogen) atoms. The third kappa shape index (κ3) is 4.71. The number of hydrogen-bond donors (Lipinski definition) is 3. The summed E-state index contributed by atoms with van der Waals surface area (Å²) < 4.78 is 0. The molecule has 0 spiro atoms. The first-order chi connectivity index (χ1) is 9.06. The smallest absolute Gasteiger partial charge is 0.320 e.